The Balaban J connectivity index is 0.000000770. The van der Waals surface area contributed by atoms with Crippen LogP contribution in [0.4, 0.5) is 0 Å². The van der Waals surface area contributed by atoms with E-state index >= 15 is 0 Å². The van der Waals surface area contributed by atoms with Crippen LogP contribution in [0.1, 0.15) is 46.5 Å². The smallest absolute Gasteiger partial charge is 0.305 e. The maximum atomic E-state index is 11.0. The lowest BCUT2D eigenvalue weighted by Crippen LogP contribution is -2.37. The molecule has 100 valence electrons. The first-order chi connectivity index (χ1) is 8.04. The SMILES string of the molecule is CCC.COC(=O)CC1CCN(C(C)=O)CC1. The van der Waals surface area contributed by atoms with E-state index in [9.17, 15) is 9.59 Å². The Morgan fingerprint density at radius 2 is 1.71 bits per heavy atom. The van der Waals surface area contributed by atoms with E-state index in [1.165, 1.54) is 13.5 Å². The largest absolute Gasteiger partial charge is 0.469 e. The van der Waals surface area contributed by atoms with Crippen LogP contribution in [-0.2, 0) is 14.3 Å². The van der Waals surface area contributed by atoms with E-state index in [1.807, 2.05) is 4.90 Å². The zero-order valence-electron chi connectivity index (χ0n) is 11.5. The lowest BCUT2D eigenvalue weighted by Gasteiger charge is -2.30. The average molecular weight is 243 g/mol. The van der Waals surface area contributed by atoms with E-state index in [0.29, 0.717) is 12.3 Å². The van der Waals surface area contributed by atoms with E-state index in [2.05, 4.69) is 18.6 Å². The molecule has 1 rings (SSSR count). The monoisotopic (exact) mass is 243 g/mol. The zero-order valence-corrected chi connectivity index (χ0v) is 11.5. The standard InChI is InChI=1S/C10H17NO3.C3H8/c1-8(12)11-5-3-9(4-6-11)7-10(13)14-2;1-3-2/h9H,3-7H2,1-2H3;3H2,1-2H3. The molecule has 0 radical (unpaired) electrons. The number of methoxy groups -OCH3 is 1. The second-order valence-electron chi connectivity index (χ2n) is 4.44. The van der Waals surface area contributed by atoms with Crippen LogP contribution >= 0.6 is 0 Å². The molecule has 0 spiro atoms. The van der Waals surface area contributed by atoms with Gasteiger partial charge in [0, 0.05) is 26.4 Å². The third kappa shape index (κ3) is 6.97. The number of carbonyl (C=O) groups excluding carboxylic acids is 2. The summed E-state index contributed by atoms with van der Waals surface area (Å²) in [6.45, 7) is 7.38. The van der Waals surface area contributed by atoms with Crippen molar-refractivity contribution in [2.45, 2.75) is 46.5 Å². The molecule has 4 nitrogen and oxygen atoms in total. The Bertz CT molecular complexity index is 233. The van der Waals surface area contributed by atoms with Gasteiger partial charge in [-0.05, 0) is 18.8 Å². The highest BCUT2D eigenvalue weighted by Gasteiger charge is 2.22. The van der Waals surface area contributed by atoms with Gasteiger partial charge in [0.05, 0.1) is 7.11 Å². The van der Waals surface area contributed by atoms with Crippen molar-refractivity contribution in [2.75, 3.05) is 20.2 Å². The van der Waals surface area contributed by atoms with Crippen LogP contribution < -0.4 is 0 Å². The van der Waals surface area contributed by atoms with E-state index in [-0.39, 0.29) is 11.9 Å². The van der Waals surface area contributed by atoms with E-state index in [1.54, 1.807) is 6.92 Å². The van der Waals surface area contributed by atoms with Crippen LogP contribution in [0.15, 0.2) is 0 Å². The minimum absolute atomic E-state index is 0.126. The molecule has 0 atom stereocenters. The summed E-state index contributed by atoms with van der Waals surface area (Å²) in [4.78, 5) is 23.8. The third-order valence-electron chi connectivity index (χ3n) is 2.74. The Morgan fingerprint density at radius 1 is 1.24 bits per heavy atom. The molecule has 0 aromatic rings. The van der Waals surface area contributed by atoms with E-state index in [0.717, 1.165) is 25.9 Å². The molecule has 1 aliphatic heterocycles. The van der Waals surface area contributed by atoms with Crippen LogP contribution in [0.5, 0.6) is 0 Å². The molecule has 1 amide bonds. The summed E-state index contributed by atoms with van der Waals surface area (Å²) in [5.74, 6) is 0.367. The maximum Gasteiger partial charge on any atom is 0.305 e. The van der Waals surface area contributed by atoms with E-state index < -0.39 is 0 Å². The van der Waals surface area contributed by atoms with Gasteiger partial charge < -0.3 is 9.64 Å². The molecule has 1 heterocycles. The van der Waals surface area contributed by atoms with Crippen LogP contribution in [0.25, 0.3) is 0 Å². The number of amides is 1. The highest BCUT2D eigenvalue weighted by atomic mass is 16.5. The average Bonchev–Trinajstić information content (AvgIpc) is 2.30. The van der Waals surface area contributed by atoms with Crippen LogP contribution in [0, 0.1) is 5.92 Å². The van der Waals surface area contributed by atoms with Crippen molar-refractivity contribution >= 4 is 11.9 Å². The molecule has 1 fully saturated rings. The summed E-state index contributed by atoms with van der Waals surface area (Å²) in [6.07, 6.45) is 3.56. The Morgan fingerprint density at radius 3 is 2.06 bits per heavy atom. The van der Waals surface area contributed by atoms with Gasteiger partial charge in [0.15, 0.2) is 0 Å². The Kier molecular flexibility index (Phi) is 8.46. The van der Waals surface area contributed by atoms with E-state index in [4.69, 9.17) is 0 Å². The van der Waals surface area contributed by atoms with Crippen molar-refractivity contribution in [3.05, 3.63) is 0 Å². The van der Waals surface area contributed by atoms with Crippen molar-refractivity contribution in [1.82, 2.24) is 4.90 Å². The van der Waals surface area contributed by atoms with Crippen molar-refractivity contribution in [1.29, 1.82) is 0 Å². The molecule has 0 aliphatic carbocycles. The molecular formula is C13H25NO3. The van der Waals surface area contributed by atoms with Gasteiger partial charge in [-0.1, -0.05) is 20.3 Å². The molecule has 0 unspecified atom stereocenters. The molecule has 1 saturated heterocycles. The van der Waals surface area contributed by atoms with Crippen LogP contribution in [0.3, 0.4) is 0 Å². The van der Waals surface area contributed by atoms with Gasteiger partial charge in [-0.2, -0.15) is 0 Å². The summed E-state index contributed by atoms with van der Waals surface area (Å²) in [5.41, 5.74) is 0. The first-order valence-electron chi connectivity index (χ1n) is 6.37. The molecule has 0 bridgehead atoms. The second kappa shape index (κ2) is 9.02. The van der Waals surface area contributed by atoms with Crippen molar-refractivity contribution in [3.8, 4) is 0 Å². The quantitative estimate of drug-likeness (QED) is 0.699. The van der Waals surface area contributed by atoms with Gasteiger partial charge in [-0.15, -0.1) is 0 Å². The Hall–Kier alpha value is -1.06. The molecular weight excluding hydrogens is 218 g/mol. The fraction of sp³-hybridized carbons (Fsp3) is 0.846. The number of hydrogen-bond acceptors (Lipinski definition) is 3. The molecule has 17 heavy (non-hydrogen) atoms. The normalized spacial score (nSPS) is 15.9. The molecule has 0 aromatic heterocycles. The topological polar surface area (TPSA) is 46.6 Å². The molecule has 4 heteroatoms. The molecule has 1 aliphatic rings. The van der Waals surface area contributed by atoms with Gasteiger partial charge in [0.1, 0.15) is 0 Å². The van der Waals surface area contributed by atoms with Gasteiger partial charge in [-0.25, -0.2) is 0 Å². The number of esters is 1. The lowest BCUT2D eigenvalue weighted by atomic mass is 9.93. The maximum absolute atomic E-state index is 11.0. The Labute approximate surface area is 104 Å². The lowest BCUT2D eigenvalue weighted by molar-refractivity contribution is -0.142. The number of carbonyl (C=O) groups is 2. The summed E-state index contributed by atoms with van der Waals surface area (Å²) in [6, 6.07) is 0. The summed E-state index contributed by atoms with van der Waals surface area (Å²) in [7, 11) is 1.41. The van der Waals surface area contributed by atoms with Gasteiger partial charge >= 0.3 is 5.97 Å². The number of piperidine rings is 1. The number of rotatable bonds is 2. The fourth-order valence-electron chi connectivity index (χ4n) is 1.77. The van der Waals surface area contributed by atoms with Gasteiger partial charge in [0.25, 0.3) is 0 Å². The predicted octanol–water partition coefficient (Wildman–Crippen LogP) is 2.22. The van der Waals surface area contributed by atoms with Crippen LogP contribution in [0.2, 0.25) is 0 Å². The number of likely N-dealkylation sites (tertiary alicyclic amines) is 1. The van der Waals surface area contributed by atoms with Crippen molar-refractivity contribution in [3.63, 3.8) is 0 Å². The minimum Gasteiger partial charge on any atom is -0.469 e. The minimum atomic E-state index is -0.147. The highest BCUT2D eigenvalue weighted by molar-refractivity contribution is 5.73. The molecule has 0 saturated carbocycles. The van der Waals surface area contributed by atoms with Gasteiger partial charge in [0.2, 0.25) is 5.91 Å². The predicted molar refractivity (Wildman–Crippen MR) is 67.6 cm³/mol. The summed E-state index contributed by atoms with van der Waals surface area (Å²) >= 11 is 0. The number of ether oxygens (including phenoxy) is 1. The highest BCUT2D eigenvalue weighted by Crippen LogP contribution is 2.20. The molecule has 0 aromatic carbocycles. The first-order valence-corrected chi connectivity index (χ1v) is 6.37. The third-order valence-corrected chi connectivity index (χ3v) is 2.74. The zero-order chi connectivity index (χ0) is 13.3. The second-order valence-corrected chi connectivity index (χ2v) is 4.44. The number of hydrogen-bond donors (Lipinski definition) is 0. The van der Waals surface area contributed by atoms with Crippen LogP contribution in [-0.4, -0.2) is 37.0 Å². The van der Waals surface area contributed by atoms with Crippen molar-refractivity contribution in [2.24, 2.45) is 5.92 Å². The molecule has 0 N–H and O–H groups in total. The van der Waals surface area contributed by atoms with Gasteiger partial charge in [-0.3, -0.25) is 9.59 Å². The first kappa shape index (κ1) is 15.9. The van der Waals surface area contributed by atoms with Crippen molar-refractivity contribution < 1.29 is 14.3 Å². The summed E-state index contributed by atoms with van der Waals surface area (Å²) < 4.78 is 4.61. The number of nitrogens with zero attached hydrogens (tertiary/aromatic N) is 1. The summed E-state index contributed by atoms with van der Waals surface area (Å²) in [5, 5.41) is 0. The fourth-order valence-corrected chi connectivity index (χ4v) is 1.77.